The number of amides is 1. The zero-order chi connectivity index (χ0) is 14.0. The Balaban J connectivity index is 2.27. The lowest BCUT2D eigenvalue weighted by Crippen LogP contribution is -2.16. The molecular formula is C13H11BrCl2N2O. The van der Waals surface area contributed by atoms with Crippen molar-refractivity contribution >= 4 is 50.7 Å². The van der Waals surface area contributed by atoms with Gasteiger partial charge in [0, 0.05) is 22.2 Å². The first kappa shape index (κ1) is 14.4. The number of carbonyl (C=O) groups is 1. The van der Waals surface area contributed by atoms with Gasteiger partial charge < -0.3 is 9.88 Å². The molecule has 0 atom stereocenters. The van der Waals surface area contributed by atoms with Crippen LogP contribution in [0.15, 0.2) is 34.9 Å². The molecule has 100 valence electrons. The molecule has 1 heterocycles. The summed E-state index contributed by atoms with van der Waals surface area (Å²) >= 11 is 15.3. The van der Waals surface area contributed by atoms with E-state index in [0.29, 0.717) is 28.0 Å². The van der Waals surface area contributed by atoms with Crippen molar-refractivity contribution in [2.24, 2.45) is 0 Å². The van der Waals surface area contributed by atoms with Crippen LogP contribution in [0.4, 0.5) is 5.69 Å². The van der Waals surface area contributed by atoms with Gasteiger partial charge in [-0.05, 0) is 47.1 Å². The predicted molar refractivity (Wildman–Crippen MR) is 82.2 cm³/mol. The lowest BCUT2D eigenvalue weighted by Gasteiger charge is -2.09. The summed E-state index contributed by atoms with van der Waals surface area (Å²) in [6.07, 6.45) is 1.86. The van der Waals surface area contributed by atoms with Crippen LogP contribution >= 0.6 is 39.1 Å². The molecule has 19 heavy (non-hydrogen) atoms. The fourth-order valence-corrected chi connectivity index (χ4v) is 2.51. The van der Waals surface area contributed by atoms with Crippen LogP contribution in [-0.4, -0.2) is 10.5 Å². The van der Waals surface area contributed by atoms with E-state index in [0.717, 1.165) is 4.47 Å². The average Bonchev–Trinajstić information content (AvgIpc) is 2.75. The molecule has 2 rings (SSSR count). The lowest BCUT2D eigenvalue weighted by atomic mass is 10.3. The molecule has 0 fully saturated rings. The smallest absolute Gasteiger partial charge is 0.272 e. The molecule has 0 bridgehead atoms. The fourth-order valence-electron chi connectivity index (χ4n) is 1.71. The molecule has 1 N–H and O–H groups in total. The number of benzene rings is 1. The molecule has 0 spiro atoms. The van der Waals surface area contributed by atoms with Crippen LogP contribution in [-0.2, 0) is 6.54 Å². The van der Waals surface area contributed by atoms with E-state index in [9.17, 15) is 4.79 Å². The van der Waals surface area contributed by atoms with Crippen LogP contribution in [0.25, 0.3) is 0 Å². The van der Waals surface area contributed by atoms with E-state index in [4.69, 9.17) is 23.2 Å². The Kier molecular flexibility index (Phi) is 4.55. The zero-order valence-corrected chi connectivity index (χ0v) is 13.2. The zero-order valence-electron chi connectivity index (χ0n) is 10.1. The summed E-state index contributed by atoms with van der Waals surface area (Å²) < 4.78 is 2.70. The Morgan fingerprint density at radius 1 is 1.37 bits per heavy atom. The molecule has 0 saturated carbocycles. The van der Waals surface area contributed by atoms with Crippen LogP contribution < -0.4 is 5.32 Å². The first-order valence-electron chi connectivity index (χ1n) is 5.63. The second-order valence-corrected chi connectivity index (χ2v) is 5.67. The van der Waals surface area contributed by atoms with E-state index in [1.54, 1.807) is 24.3 Å². The normalized spacial score (nSPS) is 10.5. The van der Waals surface area contributed by atoms with Crippen molar-refractivity contribution in [2.45, 2.75) is 13.5 Å². The van der Waals surface area contributed by atoms with Crippen LogP contribution in [0.1, 0.15) is 17.4 Å². The predicted octanol–water partition coefficient (Wildman–Crippen LogP) is 4.83. The van der Waals surface area contributed by atoms with Crippen molar-refractivity contribution in [2.75, 3.05) is 5.32 Å². The van der Waals surface area contributed by atoms with Gasteiger partial charge in [-0.25, -0.2) is 0 Å². The van der Waals surface area contributed by atoms with Crippen molar-refractivity contribution in [1.29, 1.82) is 0 Å². The number of rotatable bonds is 3. The van der Waals surface area contributed by atoms with Gasteiger partial charge in [-0.3, -0.25) is 4.79 Å². The largest absolute Gasteiger partial charge is 0.343 e. The Bertz CT molecular complexity index is 625. The second kappa shape index (κ2) is 5.99. The number of hydrogen-bond acceptors (Lipinski definition) is 1. The van der Waals surface area contributed by atoms with Gasteiger partial charge >= 0.3 is 0 Å². The van der Waals surface area contributed by atoms with E-state index >= 15 is 0 Å². The van der Waals surface area contributed by atoms with Gasteiger partial charge in [-0.15, -0.1) is 0 Å². The number of anilines is 1. The molecule has 0 aliphatic carbocycles. The number of nitrogens with one attached hydrogen (secondary N) is 1. The molecule has 0 aliphatic rings. The lowest BCUT2D eigenvalue weighted by molar-refractivity contribution is 0.101. The van der Waals surface area contributed by atoms with Crippen molar-refractivity contribution in [3.05, 3.63) is 50.7 Å². The van der Waals surface area contributed by atoms with Gasteiger partial charge in [0.2, 0.25) is 0 Å². The summed E-state index contributed by atoms with van der Waals surface area (Å²) in [4.78, 5) is 12.2. The van der Waals surface area contributed by atoms with Gasteiger partial charge in [-0.2, -0.15) is 0 Å². The quantitative estimate of drug-likeness (QED) is 0.834. The Labute approximate surface area is 129 Å². The van der Waals surface area contributed by atoms with E-state index in [-0.39, 0.29) is 5.91 Å². The van der Waals surface area contributed by atoms with Crippen LogP contribution in [0.5, 0.6) is 0 Å². The summed E-state index contributed by atoms with van der Waals surface area (Å²) in [6.45, 7) is 2.67. The van der Waals surface area contributed by atoms with Gasteiger partial charge in [-0.1, -0.05) is 23.2 Å². The highest BCUT2D eigenvalue weighted by atomic mass is 79.9. The molecule has 0 unspecified atom stereocenters. The minimum absolute atomic E-state index is 0.225. The first-order valence-corrected chi connectivity index (χ1v) is 7.18. The molecule has 6 heteroatoms. The van der Waals surface area contributed by atoms with Gasteiger partial charge in [0.1, 0.15) is 5.69 Å². The summed E-state index contributed by atoms with van der Waals surface area (Å²) in [6, 6.07) is 6.70. The van der Waals surface area contributed by atoms with Gasteiger partial charge in [0.05, 0.1) is 10.7 Å². The van der Waals surface area contributed by atoms with Crippen molar-refractivity contribution < 1.29 is 4.79 Å². The molecule has 0 aliphatic heterocycles. The van der Waals surface area contributed by atoms with E-state index in [1.807, 2.05) is 17.7 Å². The van der Waals surface area contributed by atoms with E-state index in [1.165, 1.54) is 0 Å². The highest BCUT2D eigenvalue weighted by Gasteiger charge is 2.14. The molecule has 1 amide bonds. The van der Waals surface area contributed by atoms with Crippen LogP contribution in [0, 0.1) is 0 Å². The number of aryl methyl sites for hydroxylation is 1. The Morgan fingerprint density at radius 3 is 2.79 bits per heavy atom. The SMILES string of the molecule is CCn1cc(Br)cc1C(=O)Nc1cc(Cl)ccc1Cl. The van der Waals surface area contributed by atoms with E-state index < -0.39 is 0 Å². The van der Waals surface area contributed by atoms with E-state index in [2.05, 4.69) is 21.2 Å². The third-order valence-electron chi connectivity index (χ3n) is 2.61. The maximum Gasteiger partial charge on any atom is 0.272 e. The second-order valence-electron chi connectivity index (χ2n) is 3.91. The number of carbonyl (C=O) groups excluding carboxylic acids is 1. The topological polar surface area (TPSA) is 34.0 Å². The summed E-state index contributed by atoms with van der Waals surface area (Å²) in [5.74, 6) is -0.225. The van der Waals surface area contributed by atoms with Crippen molar-refractivity contribution in [3.63, 3.8) is 0 Å². The number of halogens is 3. The standard InChI is InChI=1S/C13H11BrCl2N2O/c1-2-18-7-8(14)5-12(18)13(19)17-11-6-9(15)3-4-10(11)16/h3-7H,2H2,1H3,(H,17,19). The molecular weight excluding hydrogens is 351 g/mol. The third-order valence-corrected chi connectivity index (χ3v) is 3.61. The van der Waals surface area contributed by atoms with Crippen molar-refractivity contribution in [3.8, 4) is 0 Å². The summed E-state index contributed by atoms with van der Waals surface area (Å²) in [5.41, 5.74) is 1.06. The summed E-state index contributed by atoms with van der Waals surface area (Å²) in [5, 5.41) is 3.73. The van der Waals surface area contributed by atoms with Gasteiger partial charge in [0.15, 0.2) is 0 Å². The fraction of sp³-hybridized carbons (Fsp3) is 0.154. The third kappa shape index (κ3) is 3.32. The Morgan fingerprint density at radius 2 is 2.11 bits per heavy atom. The molecule has 3 nitrogen and oxygen atoms in total. The number of hydrogen-bond donors (Lipinski definition) is 1. The minimum atomic E-state index is -0.225. The first-order chi connectivity index (χ1) is 9.01. The summed E-state index contributed by atoms with van der Waals surface area (Å²) in [7, 11) is 0. The molecule has 1 aromatic heterocycles. The maximum atomic E-state index is 12.2. The number of aromatic nitrogens is 1. The Hall–Kier alpha value is -0.970. The van der Waals surface area contributed by atoms with Crippen molar-refractivity contribution in [1.82, 2.24) is 4.57 Å². The molecule has 0 saturated heterocycles. The highest BCUT2D eigenvalue weighted by Crippen LogP contribution is 2.26. The van der Waals surface area contributed by atoms with Crippen LogP contribution in [0.2, 0.25) is 10.0 Å². The maximum absolute atomic E-state index is 12.2. The monoisotopic (exact) mass is 360 g/mol. The molecule has 0 radical (unpaired) electrons. The van der Waals surface area contributed by atoms with Gasteiger partial charge in [0.25, 0.3) is 5.91 Å². The number of nitrogens with zero attached hydrogens (tertiary/aromatic N) is 1. The van der Waals surface area contributed by atoms with Crippen LogP contribution in [0.3, 0.4) is 0 Å². The minimum Gasteiger partial charge on any atom is -0.343 e. The molecule has 1 aromatic carbocycles. The molecule has 2 aromatic rings. The highest BCUT2D eigenvalue weighted by molar-refractivity contribution is 9.10. The average molecular weight is 362 g/mol.